The van der Waals surface area contributed by atoms with Crippen molar-refractivity contribution < 1.29 is 14.3 Å². The zero-order valence-electron chi connectivity index (χ0n) is 14.0. The van der Waals surface area contributed by atoms with E-state index in [2.05, 4.69) is 5.32 Å². The van der Waals surface area contributed by atoms with Crippen molar-refractivity contribution in [3.05, 3.63) is 40.3 Å². The van der Waals surface area contributed by atoms with Crippen LogP contribution in [-0.2, 0) is 22.4 Å². The van der Waals surface area contributed by atoms with Crippen LogP contribution in [0.4, 0.5) is 10.7 Å². The third kappa shape index (κ3) is 4.16. The van der Waals surface area contributed by atoms with Gasteiger partial charge in [-0.25, -0.2) is 4.79 Å². The van der Waals surface area contributed by atoms with Gasteiger partial charge in [0, 0.05) is 15.5 Å². The first-order chi connectivity index (χ1) is 12.1. The number of fused-ring (bicyclic) bond motifs is 1. The quantitative estimate of drug-likeness (QED) is 0.472. The topological polar surface area (TPSA) is 81.4 Å². The summed E-state index contributed by atoms with van der Waals surface area (Å²) < 4.78 is 4.92. The largest absolute Gasteiger partial charge is 0.465 e. The summed E-state index contributed by atoms with van der Waals surface area (Å²) in [4.78, 5) is 26.7. The maximum atomic E-state index is 12.3. The normalized spacial score (nSPS) is 13.2. The van der Waals surface area contributed by atoms with Crippen molar-refractivity contribution in [2.75, 3.05) is 23.9 Å². The Labute approximate surface area is 154 Å². The number of carbonyl (C=O) groups is 2. The number of nitrogens with one attached hydrogen (secondary N) is 1. The van der Waals surface area contributed by atoms with Crippen LogP contribution in [0.3, 0.4) is 0 Å². The molecule has 3 N–H and O–H groups in total. The molecular formula is C18H20N2O3S2. The number of benzene rings is 1. The van der Waals surface area contributed by atoms with Crippen LogP contribution in [-0.4, -0.2) is 24.7 Å². The molecule has 5 nitrogen and oxygen atoms in total. The summed E-state index contributed by atoms with van der Waals surface area (Å²) >= 11 is 2.93. The van der Waals surface area contributed by atoms with Crippen LogP contribution >= 0.6 is 23.1 Å². The highest BCUT2D eigenvalue weighted by Crippen LogP contribution is 2.38. The number of esters is 1. The van der Waals surface area contributed by atoms with Crippen LogP contribution in [0.25, 0.3) is 0 Å². The van der Waals surface area contributed by atoms with E-state index in [1.807, 2.05) is 24.3 Å². The van der Waals surface area contributed by atoms with Gasteiger partial charge in [-0.2, -0.15) is 0 Å². The lowest BCUT2D eigenvalue weighted by atomic mass is 9.95. The molecule has 3 rings (SSSR count). The fourth-order valence-electron chi connectivity index (χ4n) is 2.85. The average molecular weight is 377 g/mol. The monoisotopic (exact) mass is 376 g/mol. The van der Waals surface area contributed by atoms with Crippen molar-refractivity contribution in [3.63, 3.8) is 0 Å². The smallest absolute Gasteiger partial charge is 0.341 e. The molecule has 0 bridgehead atoms. The summed E-state index contributed by atoms with van der Waals surface area (Å²) in [5.41, 5.74) is 7.94. The van der Waals surface area contributed by atoms with E-state index in [1.165, 1.54) is 35.1 Å². The molecule has 1 aromatic carbocycles. The molecule has 1 amide bonds. The molecule has 2 aromatic rings. The zero-order valence-corrected chi connectivity index (χ0v) is 15.6. The number of aryl methyl sites for hydroxylation is 1. The van der Waals surface area contributed by atoms with Gasteiger partial charge in [-0.1, -0.05) is 0 Å². The van der Waals surface area contributed by atoms with E-state index in [0.717, 1.165) is 36.1 Å². The second-order valence-corrected chi connectivity index (χ2v) is 7.97. The summed E-state index contributed by atoms with van der Waals surface area (Å²) in [6, 6.07) is 7.39. The molecule has 0 aliphatic heterocycles. The summed E-state index contributed by atoms with van der Waals surface area (Å²) in [6.07, 6.45) is 4.01. The fourth-order valence-corrected chi connectivity index (χ4v) is 4.84. The predicted molar refractivity (Wildman–Crippen MR) is 103 cm³/mol. The van der Waals surface area contributed by atoms with E-state index >= 15 is 0 Å². The molecule has 0 unspecified atom stereocenters. The average Bonchev–Trinajstić information content (AvgIpc) is 2.98. The zero-order chi connectivity index (χ0) is 17.8. The van der Waals surface area contributed by atoms with Crippen LogP contribution in [0.2, 0.25) is 0 Å². The maximum Gasteiger partial charge on any atom is 0.341 e. The number of thiophene rings is 1. The third-order valence-electron chi connectivity index (χ3n) is 4.06. The molecule has 0 atom stereocenters. The number of hydrogen-bond donors (Lipinski definition) is 2. The number of nitrogens with two attached hydrogens (primary N) is 1. The second-order valence-electron chi connectivity index (χ2n) is 5.81. The molecule has 1 aliphatic carbocycles. The number of hydrogen-bond acceptors (Lipinski definition) is 6. The Balaban J connectivity index is 1.71. The number of ether oxygens (including phenoxy) is 1. The van der Waals surface area contributed by atoms with Crippen molar-refractivity contribution in [1.82, 2.24) is 0 Å². The number of amides is 1. The first-order valence-electron chi connectivity index (χ1n) is 8.09. The number of methoxy groups -OCH3 is 1. The lowest BCUT2D eigenvalue weighted by molar-refractivity contribution is -0.113. The number of anilines is 2. The first-order valence-corrected chi connectivity index (χ1v) is 9.89. The van der Waals surface area contributed by atoms with Crippen LogP contribution in [0.15, 0.2) is 29.2 Å². The standard InChI is InChI=1S/C18H20N2O3S2/c1-23-18(22)16-13-4-2-3-5-14(13)25-17(16)20-15(21)10-24-12-8-6-11(19)7-9-12/h6-9H,2-5,10,19H2,1H3,(H,20,21). The van der Waals surface area contributed by atoms with Gasteiger partial charge in [0.1, 0.15) is 5.00 Å². The van der Waals surface area contributed by atoms with Gasteiger partial charge in [0.2, 0.25) is 5.91 Å². The van der Waals surface area contributed by atoms with Gasteiger partial charge in [0.15, 0.2) is 0 Å². The Bertz CT molecular complexity index is 784. The van der Waals surface area contributed by atoms with E-state index in [1.54, 1.807) is 0 Å². The van der Waals surface area contributed by atoms with E-state index in [0.29, 0.717) is 16.3 Å². The Morgan fingerprint density at radius 1 is 1.24 bits per heavy atom. The van der Waals surface area contributed by atoms with E-state index in [-0.39, 0.29) is 17.6 Å². The maximum absolute atomic E-state index is 12.3. The van der Waals surface area contributed by atoms with Gasteiger partial charge >= 0.3 is 5.97 Å². The number of nitrogen functional groups attached to an aromatic ring is 1. The van der Waals surface area contributed by atoms with Gasteiger partial charge in [-0.05, 0) is 55.5 Å². The lowest BCUT2D eigenvalue weighted by Crippen LogP contribution is -2.16. The van der Waals surface area contributed by atoms with E-state index in [9.17, 15) is 9.59 Å². The van der Waals surface area contributed by atoms with Crippen LogP contribution in [0.1, 0.15) is 33.6 Å². The Hall–Kier alpha value is -1.99. The minimum Gasteiger partial charge on any atom is -0.465 e. The lowest BCUT2D eigenvalue weighted by Gasteiger charge is -2.11. The van der Waals surface area contributed by atoms with Crippen LogP contribution < -0.4 is 11.1 Å². The van der Waals surface area contributed by atoms with Gasteiger partial charge < -0.3 is 15.8 Å². The molecule has 25 heavy (non-hydrogen) atoms. The number of thioether (sulfide) groups is 1. The summed E-state index contributed by atoms with van der Waals surface area (Å²) in [6.45, 7) is 0. The molecule has 7 heteroatoms. The Kier molecular flexibility index (Phi) is 5.65. The molecule has 0 spiro atoms. The van der Waals surface area contributed by atoms with Crippen molar-refractivity contribution in [2.24, 2.45) is 0 Å². The molecular weight excluding hydrogens is 356 g/mol. The second kappa shape index (κ2) is 7.93. The van der Waals surface area contributed by atoms with Gasteiger partial charge in [-0.3, -0.25) is 4.79 Å². The van der Waals surface area contributed by atoms with Gasteiger partial charge in [0.25, 0.3) is 0 Å². The summed E-state index contributed by atoms with van der Waals surface area (Å²) in [5, 5.41) is 3.51. The van der Waals surface area contributed by atoms with Crippen molar-refractivity contribution >= 4 is 45.7 Å². The molecule has 132 valence electrons. The van der Waals surface area contributed by atoms with E-state index < -0.39 is 0 Å². The molecule has 0 fully saturated rings. The summed E-state index contributed by atoms with van der Waals surface area (Å²) in [7, 11) is 1.37. The van der Waals surface area contributed by atoms with E-state index in [4.69, 9.17) is 10.5 Å². The molecule has 0 saturated carbocycles. The van der Waals surface area contributed by atoms with Crippen molar-refractivity contribution in [1.29, 1.82) is 0 Å². The molecule has 1 aliphatic rings. The highest BCUT2D eigenvalue weighted by Gasteiger charge is 2.26. The fraction of sp³-hybridized carbons (Fsp3) is 0.333. The SMILES string of the molecule is COC(=O)c1c(NC(=O)CSc2ccc(N)cc2)sc2c1CCCC2. The van der Waals surface area contributed by atoms with Gasteiger partial charge in [-0.15, -0.1) is 23.1 Å². The molecule has 1 aromatic heterocycles. The Morgan fingerprint density at radius 3 is 2.68 bits per heavy atom. The van der Waals surface area contributed by atoms with Crippen LogP contribution in [0.5, 0.6) is 0 Å². The van der Waals surface area contributed by atoms with Crippen LogP contribution in [0, 0.1) is 0 Å². The van der Waals surface area contributed by atoms with Gasteiger partial charge in [0.05, 0.1) is 18.4 Å². The Morgan fingerprint density at radius 2 is 1.96 bits per heavy atom. The predicted octanol–water partition coefficient (Wildman–Crippen LogP) is 3.73. The third-order valence-corrected chi connectivity index (χ3v) is 6.28. The molecule has 0 saturated heterocycles. The highest BCUT2D eigenvalue weighted by molar-refractivity contribution is 8.00. The summed E-state index contributed by atoms with van der Waals surface area (Å²) in [5.74, 6) is -0.237. The molecule has 1 heterocycles. The first kappa shape index (κ1) is 17.8. The minimum absolute atomic E-state index is 0.134. The number of carbonyl (C=O) groups excluding carboxylic acids is 2. The minimum atomic E-state index is -0.374. The molecule has 0 radical (unpaired) electrons. The number of rotatable bonds is 5. The van der Waals surface area contributed by atoms with Crippen molar-refractivity contribution in [2.45, 2.75) is 30.6 Å². The van der Waals surface area contributed by atoms with Crippen molar-refractivity contribution in [3.8, 4) is 0 Å². The highest BCUT2D eigenvalue weighted by atomic mass is 32.2.